The van der Waals surface area contributed by atoms with E-state index >= 15 is 0 Å². The van der Waals surface area contributed by atoms with Crippen LogP contribution in [0, 0.1) is 0 Å². The van der Waals surface area contributed by atoms with Gasteiger partial charge >= 0.3 is 6.16 Å². The van der Waals surface area contributed by atoms with Gasteiger partial charge in [-0.25, -0.2) is 4.79 Å². The highest BCUT2D eigenvalue weighted by atomic mass is 16.7. The number of rotatable bonds is 0. The van der Waals surface area contributed by atoms with Crippen molar-refractivity contribution in [1.82, 2.24) is 0 Å². The van der Waals surface area contributed by atoms with E-state index in [2.05, 4.69) is 0 Å². The van der Waals surface area contributed by atoms with Gasteiger partial charge in [-0.15, -0.1) is 0 Å². The molecule has 1 saturated heterocycles. The van der Waals surface area contributed by atoms with Gasteiger partial charge in [-0.3, -0.25) is 0 Å². The Morgan fingerprint density at radius 3 is 0.769 bits per heavy atom. The van der Waals surface area contributed by atoms with Crippen LogP contribution in [0.1, 0.15) is 128 Å². The van der Waals surface area contributed by atoms with Crippen LogP contribution in [0.2, 0.25) is 0 Å². The Hall–Kier alpha value is -0.730. The Bertz CT molecular complexity index is 276. The molecule has 3 heteroatoms. The highest BCUT2D eigenvalue weighted by Crippen LogP contribution is 2.15. The van der Waals surface area contributed by atoms with E-state index in [-0.39, 0.29) is 0 Å². The van der Waals surface area contributed by atoms with Crippen LogP contribution in [-0.4, -0.2) is 19.4 Å². The fourth-order valence-electron chi connectivity index (χ4n) is 3.74. The van der Waals surface area contributed by atoms with Crippen molar-refractivity contribution in [3.63, 3.8) is 0 Å². The molecule has 1 heterocycles. The van der Waals surface area contributed by atoms with Gasteiger partial charge in [-0.2, -0.15) is 0 Å². The second-order valence-electron chi connectivity index (χ2n) is 8.02. The molecule has 0 unspecified atom stereocenters. The van der Waals surface area contributed by atoms with E-state index < -0.39 is 6.16 Å². The molecule has 0 saturated carbocycles. The first-order chi connectivity index (χ1) is 12.9. The molecule has 0 aromatic rings. The van der Waals surface area contributed by atoms with Gasteiger partial charge in [0.1, 0.15) is 0 Å². The highest BCUT2D eigenvalue weighted by molar-refractivity contribution is 5.59. The van der Waals surface area contributed by atoms with Crippen LogP contribution >= 0.6 is 0 Å². The van der Waals surface area contributed by atoms with Crippen LogP contribution in [-0.2, 0) is 9.47 Å². The molecule has 26 heavy (non-hydrogen) atoms. The molecule has 0 radical (unpaired) electrons. The zero-order chi connectivity index (χ0) is 18.5. The van der Waals surface area contributed by atoms with Crippen LogP contribution in [0.25, 0.3) is 0 Å². The largest absolute Gasteiger partial charge is 0.508 e. The fraction of sp³-hybridized carbons (Fsp3) is 0.957. The van der Waals surface area contributed by atoms with Crippen molar-refractivity contribution in [3.8, 4) is 0 Å². The molecule has 3 nitrogen and oxygen atoms in total. The van der Waals surface area contributed by atoms with Gasteiger partial charge in [0.25, 0.3) is 0 Å². The van der Waals surface area contributed by atoms with Crippen LogP contribution in [0.5, 0.6) is 0 Å². The third-order valence-electron chi connectivity index (χ3n) is 5.48. The van der Waals surface area contributed by atoms with Crippen molar-refractivity contribution < 1.29 is 14.3 Å². The van der Waals surface area contributed by atoms with E-state index in [1.807, 2.05) is 0 Å². The standard InChI is InChI=1S/C23H44O3/c24-23-25-21-19-17-15-13-11-9-7-5-3-1-2-4-6-8-10-12-14-16-18-20-22-26-23/h1-22H2. The number of ether oxygens (including phenoxy) is 2. The quantitative estimate of drug-likeness (QED) is 0.407. The van der Waals surface area contributed by atoms with E-state index in [0.717, 1.165) is 25.7 Å². The third-order valence-corrected chi connectivity index (χ3v) is 5.48. The Kier molecular flexibility index (Phi) is 17.1. The Morgan fingerprint density at radius 1 is 0.346 bits per heavy atom. The average molecular weight is 369 g/mol. The molecule has 0 amide bonds. The number of hydrogen-bond acceptors (Lipinski definition) is 3. The van der Waals surface area contributed by atoms with Crippen molar-refractivity contribution in [3.05, 3.63) is 0 Å². The molecule has 0 spiro atoms. The second kappa shape index (κ2) is 19.0. The SMILES string of the molecule is O=C1OCCCCCCCCCCCCCCCCCCCCCCO1. The monoisotopic (exact) mass is 368 g/mol. The molecule has 1 rings (SSSR count). The molecule has 1 fully saturated rings. The molecular weight excluding hydrogens is 324 g/mol. The maximum absolute atomic E-state index is 11.5. The first-order valence-electron chi connectivity index (χ1n) is 11.7. The lowest BCUT2D eigenvalue weighted by molar-refractivity contribution is 0.0529. The summed E-state index contributed by atoms with van der Waals surface area (Å²) >= 11 is 0. The predicted octanol–water partition coefficient (Wildman–Crippen LogP) is 7.96. The smallest absolute Gasteiger partial charge is 0.434 e. The Labute approximate surface area is 162 Å². The fourth-order valence-corrected chi connectivity index (χ4v) is 3.74. The average Bonchev–Trinajstić information content (AvgIpc) is 2.64. The first-order valence-corrected chi connectivity index (χ1v) is 11.7. The van der Waals surface area contributed by atoms with Crippen molar-refractivity contribution >= 4 is 6.16 Å². The molecule has 0 aromatic heterocycles. The summed E-state index contributed by atoms with van der Waals surface area (Å²) in [4.78, 5) is 11.5. The molecule has 0 atom stereocenters. The summed E-state index contributed by atoms with van der Waals surface area (Å²) in [5, 5.41) is 0. The Balaban J connectivity index is 2.08. The maximum atomic E-state index is 11.5. The summed E-state index contributed by atoms with van der Waals surface area (Å²) in [6.07, 6.45) is 25.9. The van der Waals surface area contributed by atoms with Crippen LogP contribution < -0.4 is 0 Å². The minimum absolute atomic E-state index is 0.476. The molecular formula is C23H44O3. The van der Waals surface area contributed by atoms with E-state index in [0.29, 0.717) is 13.2 Å². The number of hydrogen-bond donors (Lipinski definition) is 0. The summed E-state index contributed by atoms with van der Waals surface area (Å²) < 4.78 is 10.3. The van der Waals surface area contributed by atoms with Gasteiger partial charge in [-0.05, 0) is 12.8 Å². The minimum Gasteiger partial charge on any atom is -0.434 e. The van der Waals surface area contributed by atoms with Crippen LogP contribution in [0.15, 0.2) is 0 Å². The van der Waals surface area contributed by atoms with Gasteiger partial charge in [-0.1, -0.05) is 116 Å². The topological polar surface area (TPSA) is 35.5 Å². The molecule has 154 valence electrons. The number of carbonyl (C=O) groups is 1. The molecule has 1 aliphatic heterocycles. The summed E-state index contributed by atoms with van der Waals surface area (Å²) in [6.45, 7) is 1.03. The zero-order valence-corrected chi connectivity index (χ0v) is 17.3. The third kappa shape index (κ3) is 16.7. The lowest BCUT2D eigenvalue weighted by Crippen LogP contribution is -2.09. The van der Waals surface area contributed by atoms with Crippen molar-refractivity contribution in [1.29, 1.82) is 0 Å². The lowest BCUT2D eigenvalue weighted by atomic mass is 10.0. The van der Waals surface area contributed by atoms with Gasteiger partial charge in [0.2, 0.25) is 0 Å². The summed E-state index contributed by atoms with van der Waals surface area (Å²) in [5.74, 6) is 0. The molecule has 0 aromatic carbocycles. The minimum atomic E-state index is -0.476. The molecule has 0 aliphatic carbocycles. The van der Waals surface area contributed by atoms with Crippen molar-refractivity contribution in [2.45, 2.75) is 128 Å². The summed E-state index contributed by atoms with van der Waals surface area (Å²) in [5.41, 5.74) is 0. The van der Waals surface area contributed by atoms with Crippen LogP contribution in [0.3, 0.4) is 0 Å². The zero-order valence-electron chi connectivity index (χ0n) is 17.3. The molecule has 0 N–H and O–H groups in total. The van der Waals surface area contributed by atoms with E-state index in [1.165, 1.54) is 103 Å². The van der Waals surface area contributed by atoms with Crippen LogP contribution in [0.4, 0.5) is 4.79 Å². The van der Waals surface area contributed by atoms with E-state index in [4.69, 9.17) is 9.47 Å². The normalized spacial score (nSPS) is 23.0. The number of carbonyl (C=O) groups excluding carboxylic acids is 1. The van der Waals surface area contributed by atoms with Gasteiger partial charge in [0.05, 0.1) is 13.2 Å². The number of cyclic esters (lactones) is 2. The lowest BCUT2D eigenvalue weighted by Gasteiger charge is -2.06. The summed E-state index contributed by atoms with van der Waals surface area (Å²) in [7, 11) is 0. The highest BCUT2D eigenvalue weighted by Gasteiger charge is 2.03. The van der Waals surface area contributed by atoms with Crippen molar-refractivity contribution in [2.24, 2.45) is 0 Å². The van der Waals surface area contributed by atoms with Gasteiger partial charge in [0.15, 0.2) is 0 Å². The molecule has 1 aliphatic rings. The maximum Gasteiger partial charge on any atom is 0.508 e. The van der Waals surface area contributed by atoms with Gasteiger partial charge in [0, 0.05) is 0 Å². The summed E-state index contributed by atoms with van der Waals surface area (Å²) in [6, 6.07) is 0. The molecule has 0 bridgehead atoms. The Morgan fingerprint density at radius 2 is 0.538 bits per heavy atom. The predicted molar refractivity (Wildman–Crippen MR) is 110 cm³/mol. The first kappa shape index (κ1) is 23.3. The van der Waals surface area contributed by atoms with Crippen molar-refractivity contribution in [2.75, 3.05) is 13.2 Å². The van der Waals surface area contributed by atoms with Gasteiger partial charge < -0.3 is 9.47 Å². The van der Waals surface area contributed by atoms with E-state index in [9.17, 15) is 4.79 Å². The van der Waals surface area contributed by atoms with E-state index in [1.54, 1.807) is 0 Å². The second-order valence-corrected chi connectivity index (χ2v) is 8.02.